The van der Waals surface area contributed by atoms with Gasteiger partial charge < -0.3 is 19.9 Å². The summed E-state index contributed by atoms with van der Waals surface area (Å²) < 4.78 is 5.56. The number of amides is 2. The fourth-order valence-corrected chi connectivity index (χ4v) is 4.75. The molecule has 0 spiro atoms. The minimum atomic E-state index is 0.0451. The van der Waals surface area contributed by atoms with Crippen molar-refractivity contribution >= 4 is 11.8 Å². The first-order valence-electron chi connectivity index (χ1n) is 11.5. The molecule has 2 aliphatic heterocycles. The maximum atomic E-state index is 13.0. The minimum absolute atomic E-state index is 0.0451. The summed E-state index contributed by atoms with van der Waals surface area (Å²) in [5, 5.41) is 3.26. The first kappa shape index (κ1) is 20.2. The van der Waals surface area contributed by atoms with E-state index in [0.29, 0.717) is 32.3 Å². The molecule has 1 saturated heterocycles. The fraction of sp³-hybridized carbons (Fsp3) is 0.565. The Morgan fingerprint density at radius 2 is 1.81 bits per heavy atom. The van der Waals surface area contributed by atoms with Gasteiger partial charge in [-0.1, -0.05) is 19.3 Å². The normalized spacial score (nSPS) is 19.7. The summed E-state index contributed by atoms with van der Waals surface area (Å²) in [5.74, 6) is 1.66. The molecule has 164 valence electrons. The van der Waals surface area contributed by atoms with Gasteiger partial charge >= 0.3 is 6.03 Å². The lowest BCUT2D eigenvalue weighted by Crippen LogP contribution is -2.48. The van der Waals surface area contributed by atoms with Crippen LogP contribution in [0.25, 0.3) is 11.4 Å². The molecule has 0 bridgehead atoms. The molecule has 5 rings (SSSR count). The first-order chi connectivity index (χ1) is 15.3. The Balaban J connectivity index is 1.42. The molecule has 3 aliphatic rings. The largest absolute Gasteiger partial charge is 0.378 e. The highest BCUT2D eigenvalue weighted by molar-refractivity contribution is 5.75. The third-order valence-corrected chi connectivity index (χ3v) is 6.51. The Morgan fingerprint density at radius 1 is 1.03 bits per heavy atom. The van der Waals surface area contributed by atoms with Gasteiger partial charge in [0.05, 0.1) is 25.5 Å². The summed E-state index contributed by atoms with van der Waals surface area (Å²) in [5.41, 5.74) is 3.08. The average Bonchev–Trinajstić information content (AvgIpc) is 2.84. The van der Waals surface area contributed by atoms with Gasteiger partial charge in [-0.25, -0.2) is 14.8 Å². The maximum Gasteiger partial charge on any atom is 0.317 e. The molecule has 0 atom stereocenters. The van der Waals surface area contributed by atoms with E-state index in [1.165, 1.54) is 19.3 Å². The molecule has 1 aliphatic carbocycles. The molecule has 0 aromatic carbocycles. The third-order valence-electron chi connectivity index (χ3n) is 6.51. The zero-order chi connectivity index (χ0) is 21.0. The van der Waals surface area contributed by atoms with Crippen molar-refractivity contribution in [3.63, 3.8) is 0 Å². The molecule has 1 saturated carbocycles. The van der Waals surface area contributed by atoms with E-state index in [1.54, 1.807) is 12.4 Å². The molecule has 8 heteroatoms. The Labute approximate surface area is 183 Å². The Hall–Kier alpha value is -2.74. The number of aromatic nitrogens is 3. The molecule has 2 aromatic rings. The number of anilines is 1. The Bertz CT molecular complexity index is 910. The van der Waals surface area contributed by atoms with E-state index in [-0.39, 0.29) is 6.03 Å². The molecule has 1 N–H and O–H groups in total. The smallest absolute Gasteiger partial charge is 0.317 e. The van der Waals surface area contributed by atoms with Crippen LogP contribution in [0.5, 0.6) is 0 Å². The predicted octanol–water partition coefficient (Wildman–Crippen LogP) is 2.78. The number of hydrogen-bond donors (Lipinski definition) is 1. The van der Waals surface area contributed by atoms with Gasteiger partial charge in [-0.05, 0) is 25.0 Å². The van der Waals surface area contributed by atoms with Gasteiger partial charge in [-0.2, -0.15) is 0 Å². The number of hydrogen-bond acceptors (Lipinski definition) is 6. The predicted molar refractivity (Wildman–Crippen MR) is 118 cm³/mol. The van der Waals surface area contributed by atoms with Crippen molar-refractivity contribution in [2.75, 3.05) is 37.7 Å². The molecular weight excluding hydrogens is 392 g/mol. The van der Waals surface area contributed by atoms with Gasteiger partial charge in [-0.15, -0.1) is 0 Å². The zero-order valence-corrected chi connectivity index (χ0v) is 17.9. The zero-order valence-electron chi connectivity index (χ0n) is 17.9. The first-order valence-corrected chi connectivity index (χ1v) is 11.5. The summed E-state index contributed by atoms with van der Waals surface area (Å²) in [6.07, 6.45) is 10.2. The fourth-order valence-electron chi connectivity index (χ4n) is 4.75. The van der Waals surface area contributed by atoms with Crippen LogP contribution in [-0.4, -0.2) is 64.8 Å². The number of rotatable bonds is 3. The van der Waals surface area contributed by atoms with Crippen LogP contribution in [0.3, 0.4) is 0 Å². The van der Waals surface area contributed by atoms with Gasteiger partial charge in [0.25, 0.3) is 0 Å². The second-order valence-electron chi connectivity index (χ2n) is 8.59. The van der Waals surface area contributed by atoms with E-state index in [4.69, 9.17) is 14.7 Å². The van der Waals surface area contributed by atoms with E-state index in [2.05, 4.69) is 15.2 Å². The third kappa shape index (κ3) is 4.49. The van der Waals surface area contributed by atoms with E-state index in [0.717, 1.165) is 60.8 Å². The van der Waals surface area contributed by atoms with Gasteiger partial charge in [0.2, 0.25) is 0 Å². The van der Waals surface area contributed by atoms with E-state index in [1.807, 2.05) is 17.0 Å². The van der Waals surface area contributed by atoms with Crippen LogP contribution in [0, 0.1) is 0 Å². The number of ether oxygens (including phenoxy) is 1. The van der Waals surface area contributed by atoms with Gasteiger partial charge in [0, 0.05) is 55.6 Å². The highest BCUT2D eigenvalue weighted by atomic mass is 16.5. The summed E-state index contributed by atoms with van der Waals surface area (Å²) in [6.45, 7) is 4.21. The molecule has 0 radical (unpaired) electrons. The van der Waals surface area contributed by atoms with Crippen molar-refractivity contribution in [1.29, 1.82) is 0 Å². The number of nitrogens with one attached hydrogen (secondary N) is 1. The number of nitrogens with zero attached hydrogens (tertiary/aromatic N) is 5. The van der Waals surface area contributed by atoms with Gasteiger partial charge in [0.1, 0.15) is 5.82 Å². The quantitative estimate of drug-likeness (QED) is 0.819. The summed E-state index contributed by atoms with van der Waals surface area (Å²) in [6, 6.07) is 4.24. The number of urea groups is 1. The van der Waals surface area contributed by atoms with Crippen molar-refractivity contribution in [2.45, 2.75) is 51.1 Å². The van der Waals surface area contributed by atoms with Crippen LogP contribution in [-0.2, 0) is 17.7 Å². The molecule has 31 heavy (non-hydrogen) atoms. The second-order valence-corrected chi connectivity index (χ2v) is 8.59. The van der Waals surface area contributed by atoms with Crippen molar-refractivity contribution in [3.8, 4) is 11.4 Å². The maximum absolute atomic E-state index is 13.0. The number of carbonyl (C=O) groups excluding carboxylic acids is 1. The number of morpholine rings is 1. The molecule has 2 fully saturated rings. The second kappa shape index (κ2) is 9.18. The van der Waals surface area contributed by atoms with Gasteiger partial charge in [-0.3, -0.25) is 4.98 Å². The summed E-state index contributed by atoms with van der Waals surface area (Å²) in [7, 11) is 0. The Morgan fingerprint density at radius 3 is 2.58 bits per heavy atom. The van der Waals surface area contributed by atoms with Crippen LogP contribution in [0.4, 0.5) is 10.6 Å². The molecule has 2 amide bonds. The molecular formula is C23H30N6O2. The summed E-state index contributed by atoms with van der Waals surface area (Å²) in [4.78, 5) is 31.2. The average molecular weight is 423 g/mol. The monoisotopic (exact) mass is 422 g/mol. The van der Waals surface area contributed by atoms with Crippen LogP contribution in [0.15, 0.2) is 24.5 Å². The van der Waals surface area contributed by atoms with E-state index in [9.17, 15) is 4.79 Å². The van der Waals surface area contributed by atoms with Crippen LogP contribution >= 0.6 is 0 Å². The lowest BCUT2D eigenvalue weighted by molar-refractivity contribution is 0.122. The SMILES string of the molecule is O=C(NC1CCCCC1)N1CCc2nc(-c3ccncc3)nc(N3CCOCC3)c2C1. The van der Waals surface area contributed by atoms with Gasteiger partial charge in [0.15, 0.2) is 5.82 Å². The number of carbonyl (C=O) groups is 1. The van der Waals surface area contributed by atoms with Crippen molar-refractivity contribution < 1.29 is 9.53 Å². The number of pyridine rings is 1. The van der Waals surface area contributed by atoms with Crippen LogP contribution < -0.4 is 10.2 Å². The highest BCUT2D eigenvalue weighted by Gasteiger charge is 2.29. The molecule has 8 nitrogen and oxygen atoms in total. The number of fused-ring (bicyclic) bond motifs is 1. The van der Waals surface area contributed by atoms with Crippen LogP contribution in [0.1, 0.15) is 43.4 Å². The molecule has 4 heterocycles. The van der Waals surface area contributed by atoms with Crippen molar-refractivity contribution in [1.82, 2.24) is 25.2 Å². The lowest BCUT2D eigenvalue weighted by Gasteiger charge is -2.35. The standard InChI is InChI=1S/C23H30N6O2/c30-23(25-18-4-2-1-3-5-18)29-11-8-20-19(16-29)22(28-12-14-31-15-13-28)27-21(26-20)17-6-9-24-10-7-17/h6-7,9-10,18H,1-5,8,11-16H2,(H,25,30). The minimum Gasteiger partial charge on any atom is -0.378 e. The van der Waals surface area contributed by atoms with Crippen molar-refractivity contribution in [2.24, 2.45) is 0 Å². The van der Waals surface area contributed by atoms with E-state index < -0.39 is 0 Å². The summed E-state index contributed by atoms with van der Waals surface area (Å²) >= 11 is 0. The van der Waals surface area contributed by atoms with E-state index >= 15 is 0 Å². The highest BCUT2D eigenvalue weighted by Crippen LogP contribution is 2.30. The molecule has 0 unspecified atom stereocenters. The lowest BCUT2D eigenvalue weighted by atomic mass is 9.95. The van der Waals surface area contributed by atoms with Crippen LogP contribution in [0.2, 0.25) is 0 Å². The molecule has 2 aromatic heterocycles. The van der Waals surface area contributed by atoms with Crippen molar-refractivity contribution in [3.05, 3.63) is 35.8 Å². The topological polar surface area (TPSA) is 83.5 Å². The Kier molecular flexibility index (Phi) is 5.97.